The van der Waals surface area contributed by atoms with Crippen molar-refractivity contribution in [2.24, 2.45) is 23.7 Å². The molecule has 112 valence electrons. The first-order valence-electron chi connectivity index (χ1n) is 8.09. The van der Waals surface area contributed by atoms with Crippen LogP contribution in [0.3, 0.4) is 0 Å². The van der Waals surface area contributed by atoms with Crippen molar-refractivity contribution >= 4 is 11.6 Å². The van der Waals surface area contributed by atoms with Crippen LogP contribution in [-0.2, 0) is 9.59 Å². The summed E-state index contributed by atoms with van der Waals surface area (Å²) in [6, 6.07) is 0. The zero-order chi connectivity index (χ0) is 15.3. The van der Waals surface area contributed by atoms with E-state index in [1.807, 2.05) is 0 Å². The summed E-state index contributed by atoms with van der Waals surface area (Å²) < 4.78 is 0. The number of allylic oxidation sites excluding steroid dienone is 6. The zero-order valence-electron chi connectivity index (χ0n) is 13.4. The van der Waals surface area contributed by atoms with Crippen LogP contribution >= 0.6 is 0 Å². The lowest BCUT2D eigenvalue weighted by atomic mass is 9.59. The summed E-state index contributed by atoms with van der Waals surface area (Å²) in [6.45, 7) is 8.61. The summed E-state index contributed by atoms with van der Waals surface area (Å²) in [6.07, 6.45) is 7.19. The Kier molecular flexibility index (Phi) is 3.51. The third-order valence-electron chi connectivity index (χ3n) is 5.38. The number of hydrogen-bond acceptors (Lipinski definition) is 2. The molecule has 3 aliphatic rings. The van der Waals surface area contributed by atoms with Gasteiger partial charge in [-0.1, -0.05) is 25.5 Å². The van der Waals surface area contributed by atoms with E-state index in [1.54, 1.807) is 6.08 Å². The fourth-order valence-electron chi connectivity index (χ4n) is 4.44. The van der Waals surface area contributed by atoms with Crippen LogP contribution in [0, 0.1) is 23.7 Å². The molecule has 0 aromatic heterocycles. The van der Waals surface area contributed by atoms with E-state index >= 15 is 0 Å². The van der Waals surface area contributed by atoms with Crippen molar-refractivity contribution in [2.45, 2.75) is 47.0 Å². The molecule has 1 fully saturated rings. The maximum atomic E-state index is 12.4. The van der Waals surface area contributed by atoms with Crippen LogP contribution < -0.4 is 0 Å². The van der Waals surface area contributed by atoms with Gasteiger partial charge in [0, 0.05) is 11.5 Å². The van der Waals surface area contributed by atoms with E-state index in [4.69, 9.17) is 0 Å². The monoisotopic (exact) mass is 284 g/mol. The topological polar surface area (TPSA) is 34.1 Å². The Labute approximate surface area is 127 Å². The molecule has 0 N–H and O–H groups in total. The van der Waals surface area contributed by atoms with Crippen LogP contribution in [0.4, 0.5) is 0 Å². The quantitative estimate of drug-likeness (QED) is 0.414. The Morgan fingerprint density at radius 2 is 1.86 bits per heavy atom. The number of carbonyl (C=O) groups excluding carboxylic acids is 2. The molecular formula is C19H24O2. The SMILES string of the molecule is CC(C)=C[C@@H]1C[C@H](C)[C@H]2CC[C@H](C)C3=C2C1=CC(=O)C3=O. The summed E-state index contributed by atoms with van der Waals surface area (Å²) in [5.74, 6) is 1.04. The molecule has 2 nitrogen and oxygen atoms in total. The molecule has 0 bridgehead atoms. The van der Waals surface area contributed by atoms with Crippen molar-refractivity contribution in [1.29, 1.82) is 0 Å². The number of ketones is 2. The molecular weight excluding hydrogens is 260 g/mol. The lowest BCUT2D eigenvalue weighted by Gasteiger charge is -2.44. The Hall–Kier alpha value is -1.44. The number of Topliss-reactive ketones (excluding diaryl/α,β-unsaturated/α-hetero) is 1. The summed E-state index contributed by atoms with van der Waals surface area (Å²) >= 11 is 0. The average Bonchev–Trinajstić information content (AvgIpc) is 2.40. The smallest absolute Gasteiger partial charge is 0.229 e. The van der Waals surface area contributed by atoms with E-state index in [2.05, 4.69) is 33.8 Å². The van der Waals surface area contributed by atoms with Crippen LogP contribution in [0.5, 0.6) is 0 Å². The molecule has 0 aromatic rings. The lowest BCUT2D eigenvalue weighted by Crippen LogP contribution is -2.38. The fraction of sp³-hybridized carbons (Fsp3) is 0.579. The molecule has 3 rings (SSSR count). The van der Waals surface area contributed by atoms with Crippen molar-refractivity contribution in [1.82, 2.24) is 0 Å². The van der Waals surface area contributed by atoms with Crippen molar-refractivity contribution < 1.29 is 9.59 Å². The third kappa shape index (κ3) is 2.25. The van der Waals surface area contributed by atoms with Crippen LogP contribution in [0.2, 0.25) is 0 Å². The summed E-state index contributed by atoms with van der Waals surface area (Å²) in [5.41, 5.74) is 4.50. The van der Waals surface area contributed by atoms with Gasteiger partial charge in [-0.2, -0.15) is 0 Å². The predicted octanol–water partition coefficient (Wildman–Crippen LogP) is 4.03. The molecule has 3 aliphatic carbocycles. The van der Waals surface area contributed by atoms with Gasteiger partial charge in [0.25, 0.3) is 0 Å². The van der Waals surface area contributed by atoms with E-state index in [0.29, 0.717) is 17.8 Å². The molecule has 0 saturated heterocycles. The van der Waals surface area contributed by atoms with Crippen LogP contribution in [0.25, 0.3) is 0 Å². The Balaban J connectivity index is 2.18. The van der Waals surface area contributed by atoms with E-state index in [1.165, 1.54) is 11.1 Å². The third-order valence-corrected chi connectivity index (χ3v) is 5.38. The van der Waals surface area contributed by atoms with Gasteiger partial charge in [-0.15, -0.1) is 0 Å². The Morgan fingerprint density at radius 3 is 2.52 bits per heavy atom. The molecule has 2 heteroatoms. The highest BCUT2D eigenvalue weighted by Gasteiger charge is 2.44. The highest BCUT2D eigenvalue weighted by atomic mass is 16.2. The lowest BCUT2D eigenvalue weighted by molar-refractivity contribution is -0.132. The molecule has 0 aliphatic heterocycles. The van der Waals surface area contributed by atoms with Gasteiger partial charge >= 0.3 is 0 Å². The summed E-state index contributed by atoms with van der Waals surface area (Å²) in [4.78, 5) is 24.5. The first kappa shape index (κ1) is 14.5. The molecule has 0 unspecified atom stereocenters. The largest absolute Gasteiger partial charge is 0.286 e. The van der Waals surface area contributed by atoms with Crippen LogP contribution in [0.1, 0.15) is 47.0 Å². The van der Waals surface area contributed by atoms with E-state index in [-0.39, 0.29) is 17.5 Å². The zero-order valence-corrected chi connectivity index (χ0v) is 13.4. The first-order chi connectivity index (χ1) is 9.90. The molecule has 0 aromatic carbocycles. The number of carbonyl (C=O) groups is 2. The van der Waals surface area contributed by atoms with Crippen molar-refractivity contribution in [3.05, 3.63) is 34.4 Å². The van der Waals surface area contributed by atoms with Gasteiger partial charge in [0.2, 0.25) is 11.6 Å². The second kappa shape index (κ2) is 5.08. The van der Waals surface area contributed by atoms with Crippen molar-refractivity contribution in [2.75, 3.05) is 0 Å². The van der Waals surface area contributed by atoms with Gasteiger partial charge in [-0.05, 0) is 68.1 Å². The van der Waals surface area contributed by atoms with E-state index < -0.39 is 0 Å². The van der Waals surface area contributed by atoms with Gasteiger partial charge in [0.05, 0.1) is 0 Å². The maximum absolute atomic E-state index is 12.4. The highest BCUT2D eigenvalue weighted by molar-refractivity contribution is 6.48. The number of rotatable bonds is 1. The molecule has 4 atom stereocenters. The first-order valence-corrected chi connectivity index (χ1v) is 8.09. The highest BCUT2D eigenvalue weighted by Crippen LogP contribution is 2.51. The molecule has 0 heterocycles. The van der Waals surface area contributed by atoms with Gasteiger partial charge in [0.15, 0.2) is 0 Å². The standard InChI is InChI=1S/C19H24O2/c1-10(2)7-13-8-12(4)14-6-5-11(3)17-18(14)15(13)9-16(20)19(17)21/h7,9,11-14H,5-6,8H2,1-4H3/t11-,12-,13+,14+/m0/s1. The predicted molar refractivity (Wildman–Crippen MR) is 83.7 cm³/mol. The molecule has 0 amide bonds. The molecule has 1 saturated carbocycles. The average molecular weight is 284 g/mol. The summed E-state index contributed by atoms with van der Waals surface area (Å²) in [7, 11) is 0. The molecule has 0 spiro atoms. The van der Waals surface area contributed by atoms with Gasteiger partial charge in [-0.3, -0.25) is 9.59 Å². The normalized spacial score (nSPS) is 35.3. The number of hydrogen-bond donors (Lipinski definition) is 0. The second-order valence-corrected chi connectivity index (χ2v) is 7.27. The maximum Gasteiger partial charge on any atom is 0.229 e. The summed E-state index contributed by atoms with van der Waals surface area (Å²) in [5, 5.41) is 0. The minimum absolute atomic E-state index is 0.231. The van der Waals surface area contributed by atoms with Gasteiger partial charge < -0.3 is 0 Å². The van der Waals surface area contributed by atoms with Crippen molar-refractivity contribution in [3.8, 4) is 0 Å². The minimum Gasteiger partial charge on any atom is -0.286 e. The minimum atomic E-state index is -0.307. The van der Waals surface area contributed by atoms with Gasteiger partial charge in [-0.25, -0.2) is 0 Å². The van der Waals surface area contributed by atoms with E-state index in [9.17, 15) is 9.59 Å². The fourth-order valence-corrected chi connectivity index (χ4v) is 4.44. The second-order valence-electron chi connectivity index (χ2n) is 7.27. The van der Waals surface area contributed by atoms with Crippen LogP contribution in [0.15, 0.2) is 34.4 Å². The molecule has 21 heavy (non-hydrogen) atoms. The van der Waals surface area contributed by atoms with E-state index in [0.717, 1.165) is 30.4 Å². The molecule has 0 radical (unpaired) electrons. The Morgan fingerprint density at radius 1 is 1.14 bits per heavy atom. The van der Waals surface area contributed by atoms with Crippen molar-refractivity contribution in [3.63, 3.8) is 0 Å². The van der Waals surface area contributed by atoms with Gasteiger partial charge in [0.1, 0.15) is 0 Å². The van der Waals surface area contributed by atoms with Crippen LogP contribution in [-0.4, -0.2) is 11.6 Å². The Bertz CT molecular complexity index is 599.